The number of nitrogen functional groups attached to an aromatic ring is 1. The lowest BCUT2D eigenvalue weighted by atomic mass is 10.1. The number of nitrogens with two attached hydrogens (primary N) is 2. The maximum Gasteiger partial charge on any atom is 0.247 e. The van der Waals surface area contributed by atoms with Crippen LogP contribution in [0.15, 0.2) is 23.1 Å². The van der Waals surface area contributed by atoms with Gasteiger partial charge in [0, 0.05) is 10.6 Å². The second-order valence-electron chi connectivity index (χ2n) is 3.98. The average molecular weight is 274 g/mol. The summed E-state index contributed by atoms with van der Waals surface area (Å²) < 4.78 is 0. The predicted molar refractivity (Wildman–Crippen MR) is 72.7 cm³/mol. The minimum absolute atomic E-state index is 0.150. The van der Waals surface area contributed by atoms with Crippen LogP contribution in [0.5, 0.6) is 0 Å². The molecule has 0 heterocycles. The molecule has 5 N–H and O–H groups in total. The molecule has 1 aromatic carbocycles. The number of halogens is 1. The van der Waals surface area contributed by atoms with Crippen molar-refractivity contribution in [2.24, 2.45) is 11.8 Å². The molecule has 1 rings (SSSR count). The number of amides is 1. The Bertz CT molecular complexity index is 412. The summed E-state index contributed by atoms with van der Waals surface area (Å²) in [5.41, 5.74) is 8.38. The lowest BCUT2D eigenvalue weighted by molar-refractivity contribution is -0.121. The van der Waals surface area contributed by atoms with Gasteiger partial charge in [-0.3, -0.25) is 10.2 Å². The van der Waals surface area contributed by atoms with Gasteiger partial charge in [-0.15, -0.1) is 11.8 Å². The Kier molecular flexibility index (Phi) is 5.11. The molecule has 0 aromatic heterocycles. The van der Waals surface area contributed by atoms with Crippen LogP contribution in [0.1, 0.15) is 13.8 Å². The van der Waals surface area contributed by atoms with Crippen LogP contribution < -0.4 is 17.0 Å². The fourth-order valence-electron chi connectivity index (χ4n) is 1.32. The molecule has 0 aliphatic heterocycles. The number of hydrazine groups is 1. The fraction of sp³-hybridized carbons (Fsp3) is 0.364. The molecule has 0 fully saturated rings. The molecule has 1 aromatic rings. The second-order valence-corrected chi connectivity index (χ2v) is 5.57. The largest absolute Gasteiger partial charge is 0.399 e. The van der Waals surface area contributed by atoms with Gasteiger partial charge in [0.15, 0.2) is 0 Å². The van der Waals surface area contributed by atoms with Crippen molar-refractivity contribution in [2.75, 3.05) is 5.73 Å². The monoisotopic (exact) mass is 273 g/mol. The van der Waals surface area contributed by atoms with E-state index in [0.717, 1.165) is 4.90 Å². The van der Waals surface area contributed by atoms with Crippen molar-refractivity contribution in [1.82, 2.24) is 5.43 Å². The number of benzene rings is 1. The van der Waals surface area contributed by atoms with Crippen LogP contribution in [0.4, 0.5) is 5.69 Å². The number of carbonyl (C=O) groups is 1. The van der Waals surface area contributed by atoms with Gasteiger partial charge in [-0.05, 0) is 24.1 Å². The van der Waals surface area contributed by atoms with Gasteiger partial charge in [-0.25, -0.2) is 5.84 Å². The normalized spacial score (nSPS) is 12.5. The van der Waals surface area contributed by atoms with Crippen molar-refractivity contribution in [1.29, 1.82) is 0 Å². The van der Waals surface area contributed by atoms with E-state index in [1.54, 1.807) is 12.1 Å². The third kappa shape index (κ3) is 3.80. The molecule has 1 unspecified atom stereocenters. The highest BCUT2D eigenvalue weighted by molar-refractivity contribution is 8.00. The first-order valence-electron chi connectivity index (χ1n) is 5.18. The van der Waals surface area contributed by atoms with Gasteiger partial charge in [0.25, 0.3) is 0 Å². The zero-order valence-electron chi connectivity index (χ0n) is 9.74. The van der Waals surface area contributed by atoms with E-state index in [-0.39, 0.29) is 17.1 Å². The van der Waals surface area contributed by atoms with Crippen LogP contribution in [0.2, 0.25) is 5.02 Å². The molecule has 0 saturated carbocycles. The minimum atomic E-state index is -0.277. The van der Waals surface area contributed by atoms with E-state index in [1.807, 2.05) is 19.9 Å². The van der Waals surface area contributed by atoms with Crippen LogP contribution in [0.3, 0.4) is 0 Å². The lowest BCUT2D eigenvalue weighted by Crippen LogP contribution is -2.39. The van der Waals surface area contributed by atoms with Crippen molar-refractivity contribution < 1.29 is 4.79 Å². The molecule has 0 radical (unpaired) electrons. The number of anilines is 1. The Morgan fingerprint density at radius 1 is 1.47 bits per heavy atom. The highest BCUT2D eigenvalue weighted by Crippen LogP contribution is 2.34. The highest BCUT2D eigenvalue weighted by Gasteiger charge is 2.23. The molecule has 1 amide bonds. The fourth-order valence-corrected chi connectivity index (χ4v) is 2.69. The maximum absolute atomic E-state index is 11.6. The molecule has 17 heavy (non-hydrogen) atoms. The molecule has 4 nitrogen and oxygen atoms in total. The number of thioether (sulfide) groups is 1. The van der Waals surface area contributed by atoms with Gasteiger partial charge in [0.2, 0.25) is 5.91 Å². The number of rotatable bonds is 4. The molecule has 6 heteroatoms. The van der Waals surface area contributed by atoms with E-state index in [9.17, 15) is 4.79 Å². The quantitative estimate of drug-likeness (QED) is 0.258. The molecular weight excluding hydrogens is 258 g/mol. The molecule has 94 valence electrons. The first kappa shape index (κ1) is 14.2. The second kappa shape index (κ2) is 6.14. The lowest BCUT2D eigenvalue weighted by Gasteiger charge is -2.19. The van der Waals surface area contributed by atoms with Crippen LogP contribution in [0, 0.1) is 5.92 Å². The summed E-state index contributed by atoms with van der Waals surface area (Å²) >= 11 is 7.45. The van der Waals surface area contributed by atoms with Gasteiger partial charge in [-0.1, -0.05) is 25.4 Å². The highest BCUT2D eigenvalue weighted by atomic mass is 35.5. The Balaban J connectivity index is 2.90. The summed E-state index contributed by atoms with van der Waals surface area (Å²) in [5, 5.41) is 0.270. The first-order chi connectivity index (χ1) is 7.95. The van der Waals surface area contributed by atoms with Crippen molar-refractivity contribution >= 4 is 35.0 Å². The molecule has 0 aliphatic carbocycles. The van der Waals surface area contributed by atoms with Gasteiger partial charge >= 0.3 is 0 Å². The van der Waals surface area contributed by atoms with E-state index in [4.69, 9.17) is 23.2 Å². The Labute approximate surface area is 110 Å². The van der Waals surface area contributed by atoms with E-state index < -0.39 is 0 Å². The Hall–Kier alpha value is -0.910. The van der Waals surface area contributed by atoms with Crippen LogP contribution in [-0.2, 0) is 4.79 Å². The summed E-state index contributed by atoms with van der Waals surface area (Å²) in [5.74, 6) is 5.10. The van der Waals surface area contributed by atoms with Crippen LogP contribution in [0.25, 0.3) is 0 Å². The van der Waals surface area contributed by atoms with E-state index in [0.29, 0.717) is 10.7 Å². The Morgan fingerprint density at radius 3 is 2.59 bits per heavy atom. The van der Waals surface area contributed by atoms with Crippen LogP contribution >= 0.6 is 23.4 Å². The predicted octanol–water partition coefficient (Wildman–Crippen LogP) is 2.03. The van der Waals surface area contributed by atoms with Crippen molar-refractivity contribution in [2.45, 2.75) is 24.0 Å². The minimum Gasteiger partial charge on any atom is -0.399 e. The van der Waals surface area contributed by atoms with E-state index in [1.165, 1.54) is 11.8 Å². The molecule has 0 spiro atoms. The smallest absolute Gasteiger partial charge is 0.247 e. The molecule has 0 aliphatic rings. The third-order valence-electron chi connectivity index (χ3n) is 2.22. The van der Waals surface area contributed by atoms with E-state index >= 15 is 0 Å². The number of nitrogens with one attached hydrogen (secondary N) is 1. The molecule has 1 atom stereocenters. The summed E-state index contributed by atoms with van der Waals surface area (Å²) in [7, 11) is 0. The average Bonchev–Trinajstić information content (AvgIpc) is 2.26. The number of carbonyl (C=O) groups excluding carboxylic acids is 1. The summed E-state index contributed by atoms with van der Waals surface area (Å²) in [6, 6.07) is 5.23. The summed E-state index contributed by atoms with van der Waals surface area (Å²) in [6.07, 6.45) is 0. The third-order valence-corrected chi connectivity index (χ3v) is 4.26. The van der Waals surface area contributed by atoms with Crippen molar-refractivity contribution in [3.8, 4) is 0 Å². The number of hydrogen-bond donors (Lipinski definition) is 3. The first-order valence-corrected chi connectivity index (χ1v) is 6.43. The Morgan fingerprint density at radius 2 is 2.12 bits per heavy atom. The molecular formula is C11H16ClN3OS. The van der Waals surface area contributed by atoms with Crippen molar-refractivity contribution in [3.05, 3.63) is 23.2 Å². The van der Waals surface area contributed by atoms with Gasteiger partial charge in [0.05, 0.1) is 10.3 Å². The standard InChI is InChI=1S/C11H16ClN3OS/c1-6(2)10(11(16)15-14)17-9-4-3-7(13)5-8(9)12/h3-6,10H,13-14H2,1-2H3,(H,15,16). The SMILES string of the molecule is CC(C)C(Sc1ccc(N)cc1Cl)C(=O)NN. The topological polar surface area (TPSA) is 81.1 Å². The molecule has 0 bridgehead atoms. The van der Waals surface area contributed by atoms with Gasteiger partial charge < -0.3 is 5.73 Å². The maximum atomic E-state index is 11.6. The molecule has 0 saturated heterocycles. The summed E-state index contributed by atoms with van der Waals surface area (Å²) in [6.45, 7) is 3.91. The van der Waals surface area contributed by atoms with Gasteiger partial charge in [-0.2, -0.15) is 0 Å². The van der Waals surface area contributed by atoms with Gasteiger partial charge in [0.1, 0.15) is 0 Å². The summed E-state index contributed by atoms with van der Waals surface area (Å²) in [4.78, 5) is 12.4. The van der Waals surface area contributed by atoms with Crippen LogP contribution in [-0.4, -0.2) is 11.2 Å². The zero-order chi connectivity index (χ0) is 13.0. The zero-order valence-corrected chi connectivity index (χ0v) is 11.3. The van der Waals surface area contributed by atoms with E-state index in [2.05, 4.69) is 5.43 Å². The number of hydrogen-bond acceptors (Lipinski definition) is 4. The van der Waals surface area contributed by atoms with Crippen molar-refractivity contribution in [3.63, 3.8) is 0 Å².